The van der Waals surface area contributed by atoms with Crippen molar-refractivity contribution in [1.29, 1.82) is 0 Å². The molecule has 1 atom stereocenters. The van der Waals surface area contributed by atoms with Crippen LogP contribution in [0, 0.1) is 0 Å². The maximum atomic E-state index is 11.7. The highest BCUT2D eigenvalue weighted by Crippen LogP contribution is 2.27. The number of rotatable bonds is 6. The van der Waals surface area contributed by atoms with E-state index in [4.69, 9.17) is 33.0 Å². The van der Waals surface area contributed by atoms with Gasteiger partial charge in [-0.15, -0.1) is 0 Å². The highest BCUT2D eigenvalue weighted by molar-refractivity contribution is 6.35. The van der Waals surface area contributed by atoms with E-state index in [1.807, 2.05) is 0 Å². The second-order valence-corrected chi connectivity index (χ2v) is 5.04. The van der Waals surface area contributed by atoms with Crippen molar-refractivity contribution in [3.8, 4) is 5.75 Å². The van der Waals surface area contributed by atoms with Crippen molar-refractivity contribution in [2.24, 2.45) is 0 Å². The number of hydrogen-bond donors (Lipinski definition) is 1. The normalized spacial score (nSPS) is 11.8. The third-order valence-electron chi connectivity index (χ3n) is 2.80. The lowest BCUT2D eigenvalue weighted by molar-refractivity contribution is -0.148. The predicted octanol–water partition coefficient (Wildman–Crippen LogP) is 2.69. The maximum Gasteiger partial charge on any atom is 0.326 e. The van der Waals surface area contributed by atoms with Gasteiger partial charge in [0.15, 0.2) is 0 Å². The number of carbonyl (C=O) groups excluding carboxylic acids is 1. The summed E-state index contributed by atoms with van der Waals surface area (Å²) >= 11 is 11.7. The molecule has 0 saturated carbocycles. The number of hydrogen-bond acceptors (Lipinski definition) is 3. The number of carboxylic acid groups (broad SMARTS) is 1. The largest absolute Gasteiger partial charge is 0.491 e. The molecular formula is C13H15Cl2NO4. The van der Waals surface area contributed by atoms with Crippen LogP contribution in [0.15, 0.2) is 18.2 Å². The Morgan fingerprint density at radius 2 is 2.05 bits per heavy atom. The van der Waals surface area contributed by atoms with Crippen molar-refractivity contribution in [1.82, 2.24) is 4.90 Å². The van der Waals surface area contributed by atoms with E-state index in [1.54, 1.807) is 18.2 Å². The van der Waals surface area contributed by atoms with E-state index in [1.165, 1.54) is 14.0 Å². The summed E-state index contributed by atoms with van der Waals surface area (Å²) in [6.45, 7) is 1.55. The van der Waals surface area contributed by atoms with E-state index in [0.29, 0.717) is 15.8 Å². The van der Waals surface area contributed by atoms with Crippen LogP contribution in [0.2, 0.25) is 10.0 Å². The van der Waals surface area contributed by atoms with Gasteiger partial charge in [-0.2, -0.15) is 0 Å². The summed E-state index contributed by atoms with van der Waals surface area (Å²) in [4.78, 5) is 23.7. The molecule has 0 fully saturated rings. The Hall–Kier alpha value is -1.46. The van der Waals surface area contributed by atoms with E-state index in [0.717, 1.165) is 4.90 Å². The monoisotopic (exact) mass is 319 g/mol. The Labute approximate surface area is 127 Å². The lowest BCUT2D eigenvalue weighted by Gasteiger charge is -2.21. The molecular weight excluding hydrogens is 305 g/mol. The molecule has 0 heterocycles. The SMILES string of the molecule is CC(C(=O)O)N(C)C(=O)CCOc1ccc(Cl)cc1Cl. The van der Waals surface area contributed by atoms with Gasteiger partial charge in [-0.3, -0.25) is 4.79 Å². The molecule has 0 spiro atoms. The number of carboxylic acids is 1. The average molecular weight is 320 g/mol. The fourth-order valence-electron chi connectivity index (χ4n) is 1.40. The molecule has 5 nitrogen and oxygen atoms in total. The second kappa shape index (κ2) is 7.36. The molecule has 0 radical (unpaired) electrons. The summed E-state index contributed by atoms with van der Waals surface area (Å²) < 4.78 is 5.37. The van der Waals surface area contributed by atoms with Crippen molar-refractivity contribution in [3.05, 3.63) is 28.2 Å². The van der Waals surface area contributed by atoms with Crippen LogP contribution in [0.3, 0.4) is 0 Å². The van der Waals surface area contributed by atoms with Crippen LogP contribution < -0.4 is 4.74 Å². The van der Waals surface area contributed by atoms with Crippen LogP contribution in [-0.4, -0.2) is 41.6 Å². The molecule has 110 valence electrons. The minimum Gasteiger partial charge on any atom is -0.491 e. The summed E-state index contributed by atoms with van der Waals surface area (Å²) in [6.07, 6.45) is 0.0626. The number of carbonyl (C=O) groups is 2. The molecule has 7 heteroatoms. The first-order valence-electron chi connectivity index (χ1n) is 5.89. The Morgan fingerprint density at radius 1 is 1.40 bits per heavy atom. The van der Waals surface area contributed by atoms with Gasteiger partial charge < -0.3 is 14.7 Å². The molecule has 0 aliphatic heterocycles. The molecule has 0 aliphatic rings. The van der Waals surface area contributed by atoms with Gasteiger partial charge in [-0.1, -0.05) is 23.2 Å². The summed E-state index contributed by atoms with van der Waals surface area (Å²) in [6, 6.07) is 3.91. The number of nitrogens with zero attached hydrogens (tertiary/aromatic N) is 1. The maximum absolute atomic E-state index is 11.7. The van der Waals surface area contributed by atoms with E-state index in [-0.39, 0.29) is 18.9 Å². The molecule has 0 aliphatic carbocycles. The predicted molar refractivity (Wildman–Crippen MR) is 76.4 cm³/mol. The molecule has 0 bridgehead atoms. The number of likely N-dealkylation sites (N-methyl/N-ethyl adjacent to an activating group) is 1. The molecule has 1 N–H and O–H groups in total. The second-order valence-electron chi connectivity index (χ2n) is 4.19. The standard InChI is InChI=1S/C13H15Cl2NO4/c1-8(13(18)19)16(2)12(17)5-6-20-11-4-3-9(14)7-10(11)15/h3-4,7-8H,5-6H2,1-2H3,(H,18,19). The summed E-state index contributed by atoms with van der Waals surface area (Å²) in [5.41, 5.74) is 0. The number of amides is 1. The van der Waals surface area contributed by atoms with E-state index < -0.39 is 12.0 Å². The number of ether oxygens (including phenoxy) is 1. The van der Waals surface area contributed by atoms with Crippen molar-refractivity contribution >= 4 is 35.1 Å². The quantitative estimate of drug-likeness (QED) is 0.875. The lowest BCUT2D eigenvalue weighted by Crippen LogP contribution is -2.40. The van der Waals surface area contributed by atoms with Gasteiger partial charge in [-0.25, -0.2) is 4.79 Å². The van der Waals surface area contributed by atoms with E-state index in [2.05, 4.69) is 0 Å². The molecule has 0 saturated heterocycles. The molecule has 0 aromatic heterocycles. The Bertz CT molecular complexity index is 507. The number of benzene rings is 1. The third-order valence-corrected chi connectivity index (χ3v) is 3.33. The van der Waals surface area contributed by atoms with Gasteiger partial charge in [0.2, 0.25) is 5.91 Å². The van der Waals surface area contributed by atoms with Crippen molar-refractivity contribution in [2.75, 3.05) is 13.7 Å². The average Bonchev–Trinajstić information content (AvgIpc) is 2.39. The van der Waals surface area contributed by atoms with Crippen molar-refractivity contribution < 1.29 is 19.4 Å². The lowest BCUT2D eigenvalue weighted by atomic mass is 10.2. The summed E-state index contributed by atoms with van der Waals surface area (Å²) in [7, 11) is 1.44. The van der Waals surface area contributed by atoms with Crippen LogP contribution in [0.1, 0.15) is 13.3 Å². The third kappa shape index (κ3) is 4.58. The first-order chi connectivity index (χ1) is 9.32. The summed E-state index contributed by atoms with van der Waals surface area (Å²) in [5, 5.41) is 9.66. The molecule has 1 aromatic rings. The Morgan fingerprint density at radius 3 is 2.60 bits per heavy atom. The first kappa shape index (κ1) is 16.6. The Balaban J connectivity index is 2.48. The van der Waals surface area contributed by atoms with Crippen LogP contribution in [0.25, 0.3) is 0 Å². The van der Waals surface area contributed by atoms with Crippen molar-refractivity contribution in [2.45, 2.75) is 19.4 Å². The fourth-order valence-corrected chi connectivity index (χ4v) is 1.86. The van der Waals surface area contributed by atoms with E-state index in [9.17, 15) is 9.59 Å². The minimum absolute atomic E-state index is 0.0626. The highest BCUT2D eigenvalue weighted by atomic mass is 35.5. The zero-order chi connectivity index (χ0) is 15.3. The smallest absolute Gasteiger partial charge is 0.326 e. The van der Waals surface area contributed by atoms with Crippen LogP contribution in [0.4, 0.5) is 0 Å². The topological polar surface area (TPSA) is 66.8 Å². The van der Waals surface area contributed by atoms with Crippen LogP contribution in [-0.2, 0) is 9.59 Å². The highest BCUT2D eigenvalue weighted by Gasteiger charge is 2.21. The molecule has 20 heavy (non-hydrogen) atoms. The minimum atomic E-state index is -1.05. The van der Waals surface area contributed by atoms with Crippen LogP contribution in [0.5, 0.6) is 5.75 Å². The van der Waals surface area contributed by atoms with E-state index >= 15 is 0 Å². The van der Waals surface area contributed by atoms with Crippen molar-refractivity contribution in [3.63, 3.8) is 0 Å². The van der Waals surface area contributed by atoms with Gasteiger partial charge in [0.05, 0.1) is 18.1 Å². The van der Waals surface area contributed by atoms with Gasteiger partial charge in [0.25, 0.3) is 0 Å². The molecule has 1 aromatic carbocycles. The molecule has 1 unspecified atom stereocenters. The van der Waals surface area contributed by atoms with Gasteiger partial charge in [0, 0.05) is 12.1 Å². The summed E-state index contributed by atoms with van der Waals surface area (Å²) in [5.74, 6) is -0.940. The number of halogens is 2. The zero-order valence-corrected chi connectivity index (χ0v) is 12.6. The first-order valence-corrected chi connectivity index (χ1v) is 6.65. The van der Waals surface area contributed by atoms with Gasteiger partial charge in [-0.05, 0) is 25.1 Å². The fraction of sp³-hybridized carbons (Fsp3) is 0.385. The molecule has 1 amide bonds. The molecule has 1 rings (SSSR count). The van der Waals surface area contributed by atoms with Gasteiger partial charge in [0.1, 0.15) is 11.8 Å². The number of aliphatic carboxylic acids is 1. The van der Waals surface area contributed by atoms with Crippen LogP contribution >= 0.6 is 23.2 Å². The Kier molecular flexibility index (Phi) is 6.10. The zero-order valence-electron chi connectivity index (χ0n) is 11.1. The van der Waals surface area contributed by atoms with Gasteiger partial charge >= 0.3 is 5.97 Å².